The van der Waals surface area contributed by atoms with Crippen molar-refractivity contribution in [2.75, 3.05) is 11.9 Å². The van der Waals surface area contributed by atoms with Gasteiger partial charge in [-0.3, -0.25) is 14.5 Å². The van der Waals surface area contributed by atoms with Gasteiger partial charge in [0.25, 0.3) is 5.91 Å². The molecule has 0 aromatic heterocycles. The van der Waals surface area contributed by atoms with Gasteiger partial charge >= 0.3 is 0 Å². The van der Waals surface area contributed by atoms with Gasteiger partial charge in [0.15, 0.2) is 0 Å². The Balaban J connectivity index is 1.81. The molecule has 0 radical (unpaired) electrons. The monoisotopic (exact) mass is 362 g/mol. The SMILES string of the molecule is CN(Cc1ccccc1)C1CC(=O)N(c2cc(Cl)cc(Cl)c2)C1=O. The highest BCUT2D eigenvalue weighted by Crippen LogP contribution is 2.30. The van der Waals surface area contributed by atoms with E-state index in [0.717, 1.165) is 5.56 Å². The van der Waals surface area contributed by atoms with Crippen LogP contribution in [0.3, 0.4) is 0 Å². The van der Waals surface area contributed by atoms with E-state index in [-0.39, 0.29) is 18.2 Å². The predicted molar refractivity (Wildman–Crippen MR) is 95.3 cm³/mol. The zero-order valence-corrected chi connectivity index (χ0v) is 14.6. The first kappa shape index (κ1) is 17.0. The van der Waals surface area contributed by atoms with Crippen LogP contribution >= 0.6 is 23.2 Å². The van der Waals surface area contributed by atoms with Crippen LogP contribution in [0.25, 0.3) is 0 Å². The highest BCUT2D eigenvalue weighted by atomic mass is 35.5. The van der Waals surface area contributed by atoms with Crippen molar-refractivity contribution >= 4 is 40.7 Å². The fourth-order valence-corrected chi connectivity index (χ4v) is 3.40. The van der Waals surface area contributed by atoms with Gasteiger partial charge in [-0.05, 0) is 30.8 Å². The molecule has 1 aliphatic heterocycles. The third-order valence-corrected chi connectivity index (χ3v) is 4.47. The average molecular weight is 363 g/mol. The summed E-state index contributed by atoms with van der Waals surface area (Å²) in [6.45, 7) is 0.592. The van der Waals surface area contributed by atoms with Crippen molar-refractivity contribution in [2.24, 2.45) is 0 Å². The summed E-state index contributed by atoms with van der Waals surface area (Å²) in [5.74, 6) is -0.500. The second-order valence-corrected chi connectivity index (χ2v) is 6.69. The number of carbonyl (C=O) groups excluding carboxylic acids is 2. The van der Waals surface area contributed by atoms with Crippen molar-refractivity contribution < 1.29 is 9.59 Å². The molecule has 2 amide bonds. The van der Waals surface area contributed by atoms with Crippen LogP contribution in [-0.2, 0) is 16.1 Å². The topological polar surface area (TPSA) is 40.6 Å². The van der Waals surface area contributed by atoms with Crippen molar-refractivity contribution in [3.63, 3.8) is 0 Å². The molecule has 0 aliphatic carbocycles. The normalized spacial score (nSPS) is 17.8. The van der Waals surface area contributed by atoms with Gasteiger partial charge in [-0.1, -0.05) is 53.5 Å². The van der Waals surface area contributed by atoms with E-state index < -0.39 is 6.04 Å². The lowest BCUT2D eigenvalue weighted by atomic mass is 10.1. The average Bonchev–Trinajstić information content (AvgIpc) is 2.82. The molecule has 0 N–H and O–H groups in total. The molecule has 1 atom stereocenters. The number of amides is 2. The minimum Gasteiger partial charge on any atom is -0.290 e. The Labute approximate surface area is 150 Å². The number of halogens is 2. The van der Waals surface area contributed by atoms with Crippen molar-refractivity contribution in [2.45, 2.75) is 19.0 Å². The number of imide groups is 1. The summed E-state index contributed by atoms with van der Waals surface area (Å²) in [7, 11) is 1.84. The van der Waals surface area contributed by atoms with Gasteiger partial charge in [-0.25, -0.2) is 4.90 Å². The summed E-state index contributed by atoms with van der Waals surface area (Å²) in [5.41, 5.74) is 1.50. The molecule has 0 spiro atoms. The van der Waals surface area contributed by atoms with Crippen LogP contribution in [0, 0.1) is 0 Å². The van der Waals surface area contributed by atoms with E-state index in [4.69, 9.17) is 23.2 Å². The fourth-order valence-electron chi connectivity index (χ4n) is 2.88. The van der Waals surface area contributed by atoms with Gasteiger partial charge < -0.3 is 0 Å². The molecule has 24 heavy (non-hydrogen) atoms. The van der Waals surface area contributed by atoms with E-state index in [1.165, 1.54) is 4.90 Å². The van der Waals surface area contributed by atoms with Crippen LogP contribution in [0.5, 0.6) is 0 Å². The van der Waals surface area contributed by atoms with E-state index in [1.54, 1.807) is 18.2 Å². The Kier molecular flexibility index (Phi) is 4.90. The van der Waals surface area contributed by atoms with E-state index in [2.05, 4.69) is 0 Å². The zero-order chi connectivity index (χ0) is 17.3. The summed E-state index contributed by atoms with van der Waals surface area (Å²) in [5, 5.41) is 0.776. The summed E-state index contributed by atoms with van der Waals surface area (Å²) < 4.78 is 0. The maximum Gasteiger partial charge on any atom is 0.251 e. The van der Waals surface area contributed by atoms with E-state index in [9.17, 15) is 9.59 Å². The molecule has 2 aromatic carbocycles. The first-order valence-electron chi connectivity index (χ1n) is 7.53. The van der Waals surface area contributed by atoms with Gasteiger partial charge in [0.05, 0.1) is 18.2 Å². The molecule has 6 heteroatoms. The first-order valence-corrected chi connectivity index (χ1v) is 8.28. The van der Waals surface area contributed by atoms with Crippen LogP contribution in [-0.4, -0.2) is 29.8 Å². The molecule has 4 nitrogen and oxygen atoms in total. The van der Waals surface area contributed by atoms with Gasteiger partial charge in [-0.15, -0.1) is 0 Å². The molecule has 1 saturated heterocycles. The molecule has 1 aliphatic rings. The standard InChI is InChI=1S/C18H16Cl2N2O2/c1-21(11-12-5-3-2-4-6-12)16-10-17(23)22(18(16)24)15-8-13(19)7-14(20)9-15/h2-9,16H,10-11H2,1H3. The number of hydrogen-bond acceptors (Lipinski definition) is 3. The number of rotatable bonds is 4. The molecular weight excluding hydrogens is 347 g/mol. The van der Waals surface area contributed by atoms with Crippen molar-refractivity contribution in [1.82, 2.24) is 4.90 Å². The highest BCUT2D eigenvalue weighted by molar-refractivity contribution is 6.35. The third-order valence-electron chi connectivity index (χ3n) is 4.04. The second kappa shape index (κ2) is 6.93. The maximum atomic E-state index is 12.7. The molecule has 1 fully saturated rings. The van der Waals surface area contributed by atoms with E-state index in [0.29, 0.717) is 22.3 Å². The van der Waals surface area contributed by atoms with Crippen molar-refractivity contribution in [3.05, 3.63) is 64.1 Å². The number of benzene rings is 2. The third kappa shape index (κ3) is 3.46. The van der Waals surface area contributed by atoms with Crippen molar-refractivity contribution in [1.29, 1.82) is 0 Å². The molecular formula is C18H16Cl2N2O2. The van der Waals surface area contributed by atoms with E-state index >= 15 is 0 Å². The lowest BCUT2D eigenvalue weighted by Gasteiger charge is -2.23. The zero-order valence-electron chi connectivity index (χ0n) is 13.1. The minimum absolute atomic E-state index is 0.145. The lowest BCUT2D eigenvalue weighted by molar-refractivity contribution is -0.122. The Morgan fingerprint density at radius 1 is 1.08 bits per heavy atom. The van der Waals surface area contributed by atoms with Gasteiger partial charge in [0.1, 0.15) is 0 Å². The largest absolute Gasteiger partial charge is 0.290 e. The van der Waals surface area contributed by atoms with Gasteiger partial charge in [0, 0.05) is 16.6 Å². The Morgan fingerprint density at radius 2 is 1.71 bits per heavy atom. The molecule has 2 aromatic rings. The molecule has 124 valence electrons. The van der Waals surface area contributed by atoms with Crippen LogP contribution in [0.1, 0.15) is 12.0 Å². The van der Waals surface area contributed by atoms with E-state index in [1.807, 2.05) is 42.3 Å². The Hall–Kier alpha value is -1.88. The smallest absolute Gasteiger partial charge is 0.251 e. The predicted octanol–water partition coefficient (Wildman–Crippen LogP) is 3.76. The molecule has 0 bridgehead atoms. The molecule has 0 saturated carbocycles. The number of hydrogen-bond donors (Lipinski definition) is 0. The number of likely N-dealkylation sites (N-methyl/N-ethyl adjacent to an activating group) is 1. The Morgan fingerprint density at radius 3 is 2.33 bits per heavy atom. The Bertz CT molecular complexity index is 760. The van der Waals surface area contributed by atoms with Crippen molar-refractivity contribution in [3.8, 4) is 0 Å². The summed E-state index contributed by atoms with van der Waals surface area (Å²) in [4.78, 5) is 28.2. The molecule has 3 rings (SSSR count). The quantitative estimate of drug-likeness (QED) is 0.777. The van der Waals surface area contributed by atoms with Gasteiger partial charge in [-0.2, -0.15) is 0 Å². The summed E-state index contributed by atoms with van der Waals surface area (Å²) in [6, 6.07) is 14.0. The number of nitrogens with zero attached hydrogens (tertiary/aromatic N) is 2. The van der Waals surface area contributed by atoms with Gasteiger partial charge in [0.2, 0.25) is 5.91 Å². The molecule has 1 unspecified atom stereocenters. The minimum atomic E-state index is -0.490. The highest BCUT2D eigenvalue weighted by Gasteiger charge is 2.41. The number of carbonyl (C=O) groups is 2. The van der Waals surface area contributed by atoms with Crippen LogP contribution in [0.2, 0.25) is 10.0 Å². The van der Waals surface area contributed by atoms with Crippen LogP contribution in [0.15, 0.2) is 48.5 Å². The summed E-state index contributed by atoms with van der Waals surface area (Å²) >= 11 is 12.0. The summed E-state index contributed by atoms with van der Waals surface area (Å²) in [6.07, 6.45) is 0.145. The van der Waals surface area contributed by atoms with Crippen LogP contribution < -0.4 is 4.90 Å². The van der Waals surface area contributed by atoms with Crippen LogP contribution in [0.4, 0.5) is 5.69 Å². The second-order valence-electron chi connectivity index (χ2n) is 5.82. The fraction of sp³-hybridized carbons (Fsp3) is 0.222. The lowest BCUT2D eigenvalue weighted by Crippen LogP contribution is -2.39. The molecule has 1 heterocycles. The first-order chi connectivity index (χ1) is 11.5. The maximum absolute atomic E-state index is 12.7. The number of anilines is 1.